The van der Waals surface area contributed by atoms with E-state index >= 15 is 0 Å². The standard InChI is InChI=1S/C8H16ClNO/c1-2-11-6-5-10-8(7-9)3-4-8/h10H,2-7H2,1H3. The quantitative estimate of drug-likeness (QED) is 0.489. The highest BCUT2D eigenvalue weighted by atomic mass is 35.5. The minimum Gasteiger partial charge on any atom is -0.380 e. The first-order valence-corrected chi connectivity index (χ1v) is 4.75. The van der Waals surface area contributed by atoms with Crippen LogP contribution in [-0.4, -0.2) is 31.2 Å². The second kappa shape index (κ2) is 4.29. The normalized spacial score (nSPS) is 20.2. The van der Waals surface area contributed by atoms with Gasteiger partial charge in [-0.15, -0.1) is 11.6 Å². The third kappa shape index (κ3) is 2.97. The molecular formula is C8H16ClNO. The van der Waals surface area contributed by atoms with Crippen LogP contribution in [0.1, 0.15) is 19.8 Å². The Bertz CT molecular complexity index is 115. The summed E-state index contributed by atoms with van der Waals surface area (Å²) < 4.78 is 5.20. The van der Waals surface area contributed by atoms with E-state index < -0.39 is 0 Å². The largest absolute Gasteiger partial charge is 0.380 e. The monoisotopic (exact) mass is 177 g/mol. The molecular weight excluding hydrogens is 162 g/mol. The van der Waals surface area contributed by atoms with Gasteiger partial charge in [-0.05, 0) is 19.8 Å². The number of rotatable bonds is 6. The van der Waals surface area contributed by atoms with Crippen LogP contribution in [0.5, 0.6) is 0 Å². The van der Waals surface area contributed by atoms with Crippen molar-refractivity contribution < 1.29 is 4.74 Å². The molecule has 0 unspecified atom stereocenters. The molecule has 3 heteroatoms. The molecule has 0 heterocycles. The minimum atomic E-state index is 0.276. The molecule has 0 aromatic rings. The average molecular weight is 178 g/mol. The van der Waals surface area contributed by atoms with Gasteiger partial charge in [-0.25, -0.2) is 0 Å². The molecule has 1 aliphatic carbocycles. The van der Waals surface area contributed by atoms with Crippen LogP contribution in [0.2, 0.25) is 0 Å². The molecule has 0 aliphatic heterocycles. The molecule has 1 saturated carbocycles. The molecule has 0 radical (unpaired) electrons. The van der Waals surface area contributed by atoms with Gasteiger partial charge in [0.2, 0.25) is 0 Å². The second-order valence-corrected chi connectivity index (χ2v) is 3.30. The number of halogens is 1. The zero-order chi connectivity index (χ0) is 8.16. The first-order chi connectivity index (χ1) is 5.33. The summed E-state index contributed by atoms with van der Waals surface area (Å²) in [5.41, 5.74) is 0.276. The molecule has 11 heavy (non-hydrogen) atoms. The van der Waals surface area contributed by atoms with Crippen molar-refractivity contribution in [2.24, 2.45) is 0 Å². The molecule has 0 atom stereocenters. The summed E-state index contributed by atoms with van der Waals surface area (Å²) in [7, 11) is 0. The van der Waals surface area contributed by atoms with E-state index in [1.54, 1.807) is 0 Å². The maximum Gasteiger partial charge on any atom is 0.0590 e. The average Bonchev–Trinajstić information content (AvgIpc) is 2.80. The van der Waals surface area contributed by atoms with Crippen LogP contribution in [-0.2, 0) is 4.74 Å². The summed E-state index contributed by atoms with van der Waals surface area (Å²) in [6, 6.07) is 0. The molecule has 1 rings (SSSR count). The number of ether oxygens (including phenoxy) is 1. The summed E-state index contributed by atoms with van der Waals surface area (Å²) in [5, 5.41) is 3.40. The Kier molecular flexibility index (Phi) is 3.63. The van der Waals surface area contributed by atoms with Gasteiger partial charge in [0.1, 0.15) is 0 Å². The summed E-state index contributed by atoms with van der Waals surface area (Å²) in [4.78, 5) is 0. The van der Waals surface area contributed by atoms with Crippen molar-refractivity contribution in [3.8, 4) is 0 Å². The van der Waals surface area contributed by atoms with Crippen molar-refractivity contribution >= 4 is 11.6 Å². The van der Waals surface area contributed by atoms with Crippen LogP contribution in [0.15, 0.2) is 0 Å². The maximum absolute atomic E-state index is 5.77. The van der Waals surface area contributed by atoms with Gasteiger partial charge in [-0.1, -0.05) is 0 Å². The van der Waals surface area contributed by atoms with Gasteiger partial charge >= 0.3 is 0 Å². The van der Waals surface area contributed by atoms with E-state index in [2.05, 4.69) is 5.32 Å². The van der Waals surface area contributed by atoms with E-state index in [4.69, 9.17) is 16.3 Å². The maximum atomic E-state index is 5.77. The van der Waals surface area contributed by atoms with Crippen LogP contribution in [0.3, 0.4) is 0 Å². The Morgan fingerprint density at radius 3 is 2.73 bits per heavy atom. The Morgan fingerprint density at radius 2 is 2.27 bits per heavy atom. The van der Waals surface area contributed by atoms with Crippen molar-refractivity contribution in [3.63, 3.8) is 0 Å². The van der Waals surface area contributed by atoms with E-state index in [1.807, 2.05) is 6.92 Å². The first-order valence-electron chi connectivity index (χ1n) is 4.22. The van der Waals surface area contributed by atoms with Gasteiger partial charge < -0.3 is 10.1 Å². The highest BCUT2D eigenvalue weighted by molar-refractivity contribution is 6.18. The zero-order valence-corrected chi connectivity index (χ0v) is 7.78. The summed E-state index contributed by atoms with van der Waals surface area (Å²) >= 11 is 5.77. The molecule has 1 N–H and O–H groups in total. The van der Waals surface area contributed by atoms with Gasteiger partial charge in [0.05, 0.1) is 6.61 Å². The van der Waals surface area contributed by atoms with Crippen LogP contribution in [0, 0.1) is 0 Å². The molecule has 0 bridgehead atoms. The lowest BCUT2D eigenvalue weighted by molar-refractivity contribution is 0.146. The number of nitrogens with one attached hydrogen (secondary N) is 1. The molecule has 66 valence electrons. The van der Waals surface area contributed by atoms with E-state index in [0.29, 0.717) is 0 Å². The number of hydrogen-bond donors (Lipinski definition) is 1. The van der Waals surface area contributed by atoms with Gasteiger partial charge in [0.15, 0.2) is 0 Å². The number of hydrogen-bond acceptors (Lipinski definition) is 2. The fourth-order valence-electron chi connectivity index (χ4n) is 1.04. The predicted octanol–water partition coefficient (Wildman–Crippen LogP) is 1.38. The Balaban J connectivity index is 1.94. The Hall–Kier alpha value is 0.210. The molecule has 1 aliphatic rings. The highest BCUT2D eigenvalue weighted by Crippen LogP contribution is 2.35. The fraction of sp³-hybridized carbons (Fsp3) is 1.00. The van der Waals surface area contributed by atoms with E-state index in [1.165, 1.54) is 12.8 Å². The lowest BCUT2D eigenvalue weighted by atomic mass is 10.3. The predicted molar refractivity (Wildman–Crippen MR) is 47.2 cm³/mol. The van der Waals surface area contributed by atoms with E-state index in [0.717, 1.165) is 25.6 Å². The van der Waals surface area contributed by atoms with Crippen LogP contribution >= 0.6 is 11.6 Å². The van der Waals surface area contributed by atoms with Crippen molar-refractivity contribution in [1.29, 1.82) is 0 Å². The summed E-state index contributed by atoms with van der Waals surface area (Å²) in [6.07, 6.45) is 2.45. The van der Waals surface area contributed by atoms with Gasteiger partial charge in [-0.3, -0.25) is 0 Å². The van der Waals surface area contributed by atoms with E-state index in [9.17, 15) is 0 Å². The van der Waals surface area contributed by atoms with Gasteiger partial charge in [0.25, 0.3) is 0 Å². The zero-order valence-electron chi connectivity index (χ0n) is 7.03. The molecule has 0 aromatic carbocycles. The molecule has 1 fully saturated rings. The lowest BCUT2D eigenvalue weighted by Gasteiger charge is -2.12. The summed E-state index contributed by atoms with van der Waals surface area (Å²) in [6.45, 7) is 4.54. The Morgan fingerprint density at radius 1 is 1.55 bits per heavy atom. The molecule has 0 amide bonds. The van der Waals surface area contributed by atoms with Crippen LogP contribution in [0.25, 0.3) is 0 Å². The summed E-state index contributed by atoms with van der Waals surface area (Å²) in [5.74, 6) is 0.735. The van der Waals surface area contributed by atoms with Crippen molar-refractivity contribution in [2.45, 2.75) is 25.3 Å². The topological polar surface area (TPSA) is 21.3 Å². The van der Waals surface area contributed by atoms with E-state index in [-0.39, 0.29) is 5.54 Å². The van der Waals surface area contributed by atoms with Crippen LogP contribution < -0.4 is 5.32 Å². The van der Waals surface area contributed by atoms with Crippen molar-refractivity contribution in [1.82, 2.24) is 5.32 Å². The minimum absolute atomic E-state index is 0.276. The smallest absolute Gasteiger partial charge is 0.0590 e. The van der Waals surface area contributed by atoms with Gasteiger partial charge in [-0.2, -0.15) is 0 Å². The third-order valence-corrected chi connectivity index (χ3v) is 2.57. The molecule has 0 saturated heterocycles. The van der Waals surface area contributed by atoms with Crippen molar-refractivity contribution in [3.05, 3.63) is 0 Å². The third-order valence-electron chi connectivity index (χ3n) is 2.06. The van der Waals surface area contributed by atoms with Crippen molar-refractivity contribution in [2.75, 3.05) is 25.6 Å². The molecule has 0 aromatic heterocycles. The fourth-order valence-corrected chi connectivity index (χ4v) is 1.40. The Labute approximate surface area is 73.3 Å². The SMILES string of the molecule is CCOCCNC1(CCl)CC1. The molecule has 2 nitrogen and oxygen atoms in total. The first kappa shape index (κ1) is 9.30. The lowest BCUT2D eigenvalue weighted by Crippen LogP contribution is -2.35. The van der Waals surface area contributed by atoms with Gasteiger partial charge in [0, 0.05) is 24.6 Å². The molecule has 0 spiro atoms. The number of alkyl halides is 1. The second-order valence-electron chi connectivity index (χ2n) is 3.04. The van der Waals surface area contributed by atoms with Crippen LogP contribution in [0.4, 0.5) is 0 Å². The highest BCUT2D eigenvalue weighted by Gasteiger charge is 2.40.